The molecule has 0 unspecified atom stereocenters. The number of thioether (sulfide) groups is 1. The van der Waals surface area contributed by atoms with E-state index in [1.165, 1.54) is 0 Å². The van der Waals surface area contributed by atoms with Crippen LogP contribution in [0.4, 0.5) is 0 Å². The van der Waals surface area contributed by atoms with Crippen LogP contribution in [0, 0.1) is 13.8 Å². The topological polar surface area (TPSA) is 71.1 Å². The van der Waals surface area contributed by atoms with Crippen LogP contribution in [0.5, 0.6) is 0 Å². The number of likely N-dealkylation sites (tertiary alicyclic amines) is 1. The lowest BCUT2D eigenvalue weighted by molar-refractivity contribution is 0.0242. The summed E-state index contributed by atoms with van der Waals surface area (Å²) in [6, 6.07) is 6.00. The quantitative estimate of drug-likeness (QED) is 0.908. The minimum absolute atomic E-state index is 0.0262. The Kier molecular flexibility index (Phi) is 4.29. The van der Waals surface area contributed by atoms with Crippen molar-refractivity contribution >= 4 is 17.7 Å². The molecule has 7 heteroatoms. The summed E-state index contributed by atoms with van der Waals surface area (Å²) in [7, 11) is 0. The molecule has 0 aliphatic carbocycles. The van der Waals surface area contributed by atoms with E-state index in [1.807, 2.05) is 48.7 Å². The number of amides is 1. The van der Waals surface area contributed by atoms with Crippen LogP contribution in [-0.4, -0.2) is 55.5 Å². The van der Waals surface area contributed by atoms with Gasteiger partial charge in [-0.05, 0) is 32.4 Å². The van der Waals surface area contributed by atoms with Gasteiger partial charge in [-0.2, -0.15) is 0 Å². The molecule has 0 bridgehead atoms. The van der Waals surface area contributed by atoms with Crippen molar-refractivity contribution < 1.29 is 9.53 Å². The predicted octanol–water partition coefficient (Wildman–Crippen LogP) is 2.34. The second-order valence-electron chi connectivity index (χ2n) is 6.94. The molecule has 25 heavy (non-hydrogen) atoms. The summed E-state index contributed by atoms with van der Waals surface area (Å²) in [4.78, 5) is 25.9. The molecule has 132 valence electrons. The highest BCUT2D eigenvalue weighted by molar-refractivity contribution is 8.01. The fraction of sp³-hybridized carbons (Fsp3) is 0.500. The van der Waals surface area contributed by atoms with Crippen LogP contribution in [-0.2, 0) is 11.3 Å². The molecule has 0 radical (unpaired) electrons. The van der Waals surface area contributed by atoms with E-state index in [0.717, 1.165) is 42.3 Å². The van der Waals surface area contributed by atoms with Crippen LogP contribution in [0.1, 0.15) is 34.0 Å². The molecule has 1 amide bonds. The van der Waals surface area contributed by atoms with E-state index < -0.39 is 0 Å². The van der Waals surface area contributed by atoms with Crippen LogP contribution in [0.3, 0.4) is 0 Å². The lowest BCUT2D eigenvalue weighted by Gasteiger charge is -2.47. The molecule has 2 saturated heterocycles. The number of carbonyl (C=O) groups is 1. The van der Waals surface area contributed by atoms with Crippen LogP contribution in [0.25, 0.3) is 0 Å². The largest absolute Gasteiger partial charge is 0.371 e. The van der Waals surface area contributed by atoms with Gasteiger partial charge in [0.25, 0.3) is 5.91 Å². The first-order valence-electron chi connectivity index (χ1n) is 8.52. The first-order valence-corrected chi connectivity index (χ1v) is 9.51. The fourth-order valence-electron chi connectivity index (χ4n) is 3.53. The molecule has 2 aliphatic heterocycles. The van der Waals surface area contributed by atoms with Gasteiger partial charge in [0.05, 0.1) is 29.5 Å². The van der Waals surface area contributed by atoms with Crippen LogP contribution in [0.15, 0.2) is 24.5 Å². The summed E-state index contributed by atoms with van der Waals surface area (Å²) in [6.07, 6.45) is 2.80. The van der Waals surface area contributed by atoms with Crippen molar-refractivity contribution in [2.24, 2.45) is 0 Å². The first-order chi connectivity index (χ1) is 12.0. The number of nitrogens with one attached hydrogen (secondary N) is 1. The number of carbonyl (C=O) groups excluding carboxylic acids is 1. The summed E-state index contributed by atoms with van der Waals surface area (Å²) in [6.45, 7) is 5.99. The minimum Gasteiger partial charge on any atom is -0.371 e. The van der Waals surface area contributed by atoms with Gasteiger partial charge < -0.3 is 14.6 Å². The molecule has 2 fully saturated rings. The van der Waals surface area contributed by atoms with E-state index in [0.29, 0.717) is 12.3 Å². The third-order valence-corrected chi connectivity index (χ3v) is 6.44. The van der Waals surface area contributed by atoms with E-state index in [2.05, 4.69) is 15.0 Å². The Morgan fingerprint density at radius 1 is 1.44 bits per heavy atom. The second-order valence-corrected chi connectivity index (χ2v) is 8.43. The number of H-pyrrole nitrogens is 1. The maximum atomic E-state index is 12.5. The van der Waals surface area contributed by atoms with Gasteiger partial charge in [0.1, 0.15) is 5.69 Å². The number of pyridine rings is 1. The van der Waals surface area contributed by atoms with E-state index in [-0.39, 0.29) is 16.8 Å². The average Bonchev–Trinajstić information content (AvgIpc) is 3.17. The summed E-state index contributed by atoms with van der Waals surface area (Å²) < 4.78 is 6.22. The number of hydrogen-bond acceptors (Lipinski definition) is 5. The molecular weight excluding hydrogens is 336 g/mol. The molecule has 4 rings (SSSR count). The van der Waals surface area contributed by atoms with Gasteiger partial charge in [-0.15, -0.1) is 11.8 Å². The van der Waals surface area contributed by atoms with E-state index in [4.69, 9.17) is 4.74 Å². The Morgan fingerprint density at radius 3 is 3.00 bits per heavy atom. The van der Waals surface area contributed by atoms with Gasteiger partial charge in [0.15, 0.2) is 0 Å². The Labute approximate surface area is 151 Å². The molecule has 2 aromatic heterocycles. The van der Waals surface area contributed by atoms with Crippen molar-refractivity contribution in [1.29, 1.82) is 0 Å². The van der Waals surface area contributed by atoms with Gasteiger partial charge in [0.2, 0.25) is 0 Å². The van der Waals surface area contributed by atoms with E-state index in [1.54, 1.807) is 6.33 Å². The molecule has 2 aromatic rings. The van der Waals surface area contributed by atoms with Gasteiger partial charge in [-0.3, -0.25) is 9.78 Å². The highest BCUT2D eigenvalue weighted by Crippen LogP contribution is 2.46. The molecule has 4 heterocycles. The van der Waals surface area contributed by atoms with Gasteiger partial charge in [-0.1, -0.05) is 6.07 Å². The zero-order chi connectivity index (χ0) is 17.4. The number of nitrogens with zero attached hydrogens (tertiary/aromatic N) is 3. The zero-order valence-corrected chi connectivity index (χ0v) is 15.3. The predicted molar refractivity (Wildman–Crippen MR) is 96.6 cm³/mol. The maximum Gasteiger partial charge on any atom is 0.274 e. The van der Waals surface area contributed by atoms with Crippen LogP contribution < -0.4 is 0 Å². The van der Waals surface area contributed by atoms with Gasteiger partial charge in [0, 0.05) is 30.2 Å². The Bertz CT molecular complexity index is 785. The SMILES string of the molecule is Cc1cccc(CO[C@H]2CSC3(C2)CN(C(=O)c2nc[nH]c2C)C3)n1. The highest BCUT2D eigenvalue weighted by Gasteiger charge is 2.51. The highest BCUT2D eigenvalue weighted by atomic mass is 32.2. The standard InChI is InChI=1S/C18H22N4O2S/c1-12-4-3-5-14(21-12)7-24-15-6-18(25-8-15)9-22(10-18)17(23)16-13(2)19-11-20-16/h3-5,11,15H,6-10H2,1-2H3,(H,19,20)/t15-/m1/s1. The first kappa shape index (κ1) is 16.6. The molecule has 1 spiro atoms. The minimum atomic E-state index is 0.0262. The van der Waals surface area contributed by atoms with Crippen molar-refractivity contribution in [2.45, 2.75) is 37.7 Å². The molecule has 6 nitrogen and oxygen atoms in total. The maximum absolute atomic E-state index is 12.5. The molecule has 0 saturated carbocycles. The zero-order valence-electron chi connectivity index (χ0n) is 14.5. The number of hydrogen-bond donors (Lipinski definition) is 1. The molecule has 1 atom stereocenters. The molecule has 2 aliphatic rings. The lowest BCUT2D eigenvalue weighted by atomic mass is 9.92. The number of aromatic amines is 1. The normalized spacial score (nSPS) is 21.5. The monoisotopic (exact) mass is 358 g/mol. The van der Waals surface area contributed by atoms with Crippen LogP contribution in [0.2, 0.25) is 0 Å². The Morgan fingerprint density at radius 2 is 2.28 bits per heavy atom. The number of aromatic nitrogens is 3. The third kappa shape index (κ3) is 3.30. The summed E-state index contributed by atoms with van der Waals surface area (Å²) >= 11 is 1.93. The summed E-state index contributed by atoms with van der Waals surface area (Å²) in [5.74, 6) is 1.01. The number of aryl methyl sites for hydroxylation is 2. The number of rotatable bonds is 4. The average molecular weight is 358 g/mol. The van der Waals surface area contributed by atoms with Crippen molar-refractivity contribution in [3.8, 4) is 0 Å². The molecular formula is C18H22N4O2S. The molecule has 0 aromatic carbocycles. The van der Waals surface area contributed by atoms with Gasteiger partial charge in [-0.25, -0.2) is 4.98 Å². The third-order valence-electron chi connectivity index (χ3n) is 4.87. The Balaban J connectivity index is 1.29. The van der Waals surface area contributed by atoms with Crippen molar-refractivity contribution in [2.75, 3.05) is 18.8 Å². The lowest BCUT2D eigenvalue weighted by Crippen LogP contribution is -2.60. The second kappa shape index (κ2) is 6.46. The molecule has 1 N–H and O–H groups in total. The van der Waals surface area contributed by atoms with Gasteiger partial charge >= 0.3 is 0 Å². The van der Waals surface area contributed by atoms with Crippen molar-refractivity contribution in [3.05, 3.63) is 47.3 Å². The summed E-state index contributed by atoms with van der Waals surface area (Å²) in [5, 5.41) is 0. The van der Waals surface area contributed by atoms with Crippen LogP contribution >= 0.6 is 11.8 Å². The Hall–Kier alpha value is -1.86. The fourth-order valence-corrected chi connectivity index (χ4v) is 5.08. The smallest absolute Gasteiger partial charge is 0.274 e. The van der Waals surface area contributed by atoms with Crippen molar-refractivity contribution in [3.63, 3.8) is 0 Å². The number of ether oxygens (including phenoxy) is 1. The van der Waals surface area contributed by atoms with E-state index >= 15 is 0 Å². The van der Waals surface area contributed by atoms with E-state index in [9.17, 15) is 4.79 Å². The summed E-state index contributed by atoms with van der Waals surface area (Å²) in [5.41, 5.74) is 3.36. The number of imidazole rings is 1. The van der Waals surface area contributed by atoms with Crippen molar-refractivity contribution in [1.82, 2.24) is 19.9 Å².